The predicted octanol–water partition coefficient (Wildman–Crippen LogP) is 1.92. The van der Waals surface area contributed by atoms with E-state index in [1.54, 1.807) is 12.0 Å². The molecule has 0 aromatic heterocycles. The van der Waals surface area contributed by atoms with Gasteiger partial charge in [-0.15, -0.1) is 0 Å². The lowest BCUT2D eigenvalue weighted by atomic mass is 9.79. The first-order valence-electron chi connectivity index (χ1n) is 8.12. The lowest BCUT2D eigenvalue weighted by Crippen LogP contribution is -2.51. The van der Waals surface area contributed by atoms with Crippen molar-refractivity contribution >= 4 is 5.91 Å². The summed E-state index contributed by atoms with van der Waals surface area (Å²) in [5.74, 6) is 2.19. The number of carbonyl (C=O) groups excluding carboxylic acids is 1. The van der Waals surface area contributed by atoms with Crippen molar-refractivity contribution in [1.29, 1.82) is 0 Å². The van der Waals surface area contributed by atoms with Gasteiger partial charge in [-0.1, -0.05) is 0 Å². The van der Waals surface area contributed by atoms with Crippen LogP contribution in [0, 0.1) is 0 Å². The maximum Gasteiger partial charge on any atom is 0.256 e. The van der Waals surface area contributed by atoms with Crippen LogP contribution in [0.3, 0.4) is 0 Å². The average molecular weight is 330 g/mol. The van der Waals surface area contributed by atoms with E-state index in [1.807, 2.05) is 44.1 Å². The van der Waals surface area contributed by atoms with Gasteiger partial charge >= 0.3 is 0 Å². The molecule has 24 heavy (non-hydrogen) atoms. The van der Waals surface area contributed by atoms with Gasteiger partial charge in [0.15, 0.2) is 0 Å². The second-order valence-electron chi connectivity index (χ2n) is 7.06. The quantitative estimate of drug-likeness (QED) is 0.787. The zero-order valence-corrected chi connectivity index (χ0v) is 14.5. The van der Waals surface area contributed by atoms with Crippen LogP contribution in [0.25, 0.3) is 0 Å². The highest BCUT2D eigenvalue weighted by Gasteiger charge is 2.48. The van der Waals surface area contributed by atoms with Crippen molar-refractivity contribution in [2.75, 3.05) is 34.5 Å². The number of fused-ring (bicyclic) bond motifs is 5. The molecule has 0 fully saturated rings. The normalized spacial score (nSPS) is 28.5. The third kappa shape index (κ3) is 2.12. The smallest absolute Gasteiger partial charge is 0.256 e. The Morgan fingerprint density at radius 3 is 2.83 bits per heavy atom. The van der Waals surface area contributed by atoms with E-state index in [4.69, 9.17) is 14.2 Å². The number of methoxy groups -OCH3 is 1. The lowest BCUT2D eigenvalue weighted by molar-refractivity contribution is -0.136. The highest BCUT2D eigenvalue weighted by atomic mass is 16.6. The molecule has 1 aromatic carbocycles. The maximum atomic E-state index is 12.9. The highest BCUT2D eigenvalue weighted by molar-refractivity contribution is 5.96. The predicted molar refractivity (Wildman–Crippen MR) is 87.8 cm³/mol. The summed E-state index contributed by atoms with van der Waals surface area (Å²) < 4.78 is 17.6. The zero-order valence-electron chi connectivity index (χ0n) is 14.5. The van der Waals surface area contributed by atoms with Crippen LogP contribution < -0.4 is 9.47 Å². The van der Waals surface area contributed by atoms with E-state index in [0.717, 1.165) is 17.1 Å². The number of amides is 1. The van der Waals surface area contributed by atoms with Gasteiger partial charge < -0.3 is 24.0 Å². The molecule has 0 saturated carbocycles. The molecule has 1 aromatic rings. The van der Waals surface area contributed by atoms with Crippen LogP contribution >= 0.6 is 0 Å². The Bertz CT molecular complexity index is 745. The van der Waals surface area contributed by atoms with Crippen molar-refractivity contribution in [3.05, 3.63) is 35.2 Å². The van der Waals surface area contributed by atoms with E-state index in [2.05, 4.69) is 0 Å². The Hall–Kier alpha value is -2.37. The first-order chi connectivity index (χ1) is 11.4. The summed E-state index contributed by atoms with van der Waals surface area (Å²) in [6.07, 6.45) is 0.708. The number of ether oxygens (including phenoxy) is 3. The molecular weight excluding hydrogens is 308 g/mol. The van der Waals surface area contributed by atoms with Crippen LogP contribution in [0.1, 0.15) is 24.8 Å². The van der Waals surface area contributed by atoms with Gasteiger partial charge in [-0.25, -0.2) is 0 Å². The summed E-state index contributed by atoms with van der Waals surface area (Å²) in [7, 11) is 5.41. The van der Waals surface area contributed by atoms with Crippen LogP contribution in [0.15, 0.2) is 29.7 Å². The second kappa shape index (κ2) is 5.06. The van der Waals surface area contributed by atoms with E-state index >= 15 is 0 Å². The molecule has 6 heteroatoms. The van der Waals surface area contributed by atoms with Gasteiger partial charge in [0.2, 0.25) is 5.88 Å². The third-order valence-corrected chi connectivity index (χ3v) is 5.03. The van der Waals surface area contributed by atoms with Crippen LogP contribution in [0.2, 0.25) is 0 Å². The Balaban J connectivity index is 1.92. The molecule has 0 radical (unpaired) electrons. The fourth-order valence-electron chi connectivity index (χ4n) is 3.83. The molecule has 0 spiro atoms. The number of nitrogens with zero attached hydrogens (tertiary/aromatic N) is 2. The van der Waals surface area contributed by atoms with Crippen LogP contribution in [-0.4, -0.2) is 55.8 Å². The number of hydrogen-bond donors (Lipinski definition) is 0. The molecule has 2 unspecified atom stereocenters. The number of carbonyl (C=O) groups is 1. The van der Waals surface area contributed by atoms with Crippen molar-refractivity contribution in [3.8, 4) is 11.5 Å². The zero-order chi connectivity index (χ0) is 17.1. The number of likely N-dealkylation sites (N-methyl/N-ethyl adjacent to an activating group) is 1. The minimum Gasteiger partial charge on any atom is -0.497 e. The number of benzene rings is 1. The van der Waals surface area contributed by atoms with Crippen molar-refractivity contribution in [2.45, 2.75) is 24.9 Å². The standard InChI is InChI=1S/C18H22N2O4/c1-18-8-13(12-7-11(22-4)5-6-14(12)23-9-18)15-16(21)19(2)10-20(3)17(15)24-18/h5-7,13H,8-10H2,1-4H3. The maximum absolute atomic E-state index is 12.9. The van der Waals surface area contributed by atoms with Gasteiger partial charge in [0.05, 0.1) is 19.4 Å². The molecule has 0 aliphatic carbocycles. The monoisotopic (exact) mass is 330 g/mol. The Labute approximate surface area is 141 Å². The highest BCUT2D eigenvalue weighted by Crippen LogP contribution is 2.49. The molecule has 2 bridgehead atoms. The summed E-state index contributed by atoms with van der Waals surface area (Å²) >= 11 is 0. The van der Waals surface area contributed by atoms with Gasteiger partial charge in [0.1, 0.15) is 23.7 Å². The Morgan fingerprint density at radius 1 is 1.29 bits per heavy atom. The summed E-state index contributed by atoms with van der Waals surface area (Å²) in [6, 6.07) is 5.77. The van der Waals surface area contributed by atoms with Gasteiger partial charge in [0, 0.05) is 32.0 Å². The molecule has 4 rings (SSSR count). The first kappa shape index (κ1) is 15.2. The van der Waals surface area contributed by atoms with E-state index in [-0.39, 0.29) is 11.8 Å². The minimum absolute atomic E-state index is 0.0193. The van der Waals surface area contributed by atoms with Crippen molar-refractivity contribution in [1.82, 2.24) is 9.80 Å². The summed E-state index contributed by atoms with van der Waals surface area (Å²) in [5, 5.41) is 0. The fourth-order valence-corrected chi connectivity index (χ4v) is 3.83. The molecule has 3 heterocycles. The minimum atomic E-state index is -0.458. The van der Waals surface area contributed by atoms with Crippen molar-refractivity contribution in [3.63, 3.8) is 0 Å². The van der Waals surface area contributed by atoms with E-state index in [1.165, 1.54) is 0 Å². The fraction of sp³-hybridized carbons (Fsp3) is 0.500. The molecule has 128 valence electrons. The molecule has 0 N–H and O–H groups in total. The van der Waals surface area contributed by atoms with E-state index in [9.17, 15) is 4.79 Å². The summed E-state index contributed by atoms with van der Waals surface area (Å²) in [5.41, 5.74) is 1.25. The molecule has 3 aliphatic heterocycles. The Morgan fingerprint density at radius 2 is 2.08 bits per heavy atom. The lowest BCUT2D eigenvalue weighted by Gasteiger charge is -2.45. The molecule has 0 saturated heterocycles. The SMILES string of the molecule is COc1ccc2c(c1)C1CC(C)(CO2)OC2=C1C(=O)N(C)CN2C. The third-order valence-electron chi connectivity index (χ3n) is 5.03. The summed E-state index contributed by atoms with van der Waals surface area (Å²) in [4.78, 5) is 16.6. The van der Waals surface area contributed by atoms with E-state index in [0.29, 0.717) is 31.2 Å². The average Bonchev–Trinajstić information content (AvgIpc) is 2.67. The topological polar surface area (TPSA) is 51.2 Å². The van der Waals surface area contributed by atoms with Crippen LogP contribution in [-0.2, 0) is 9.53 Å². The van der Waals surface area contributed by atoms with Crippen molar-refractivity contribution < 1.29 is 19.0 Å². The van der Waals surface area contributed by atoms with Crippen molar-refractivity contribution in [2.24, 2.45) is 0 Å². The molecule has 1 amide bonds. The van der Waals surface area contributed by atoms with Gasteiger partial charge in [-0.3, -0.25) is 4.79 Å². The largest absolute Gasteiger partial charge is 0.497 e. The molecule has 6 nitrogen and oxygen atoms in total. The first-order valence-corrected chi connectivity index (χ1v) is 8.12. The Kier molecular flexibility index (Phi) is 3.20. The van der Waals surface area contributed by atoms with E-state index < -0.39 is 5.60 Å². The summed E-state index contributed by atoms with van der Waals surface area (Å²) in [6.45, 7) is 3.02. The van der Waals surface area contributed by atoms with Gasteiger partial charge in [-0.2, -0.15) is 0 Å². The second-order valence-corrected chi connectivity index (χ2v) is 7.06. The number of hydrogen-bond acceptors (Lipinski definition) is 5. The molecule has 2 atom stereocenters. The molecule has 3 aliphatic rings. The van der Waals surface area contributed by atoms with Gasteiger partial charge in [-0.05, 0) is 25.1 Å². The number of rotatable bonds is 1. The van der Waals surface area contributed by atoms with Crippen LogP contribution in [0.4, 0.5) is 0 Å². The van der Waals surface area contributed by atoms with Gasteiger partial charge in [0.25, 0.3) is 5.91 Å². The molecular formula is C18H22N2O4. The van der Waals surface area contributed by atoms with Crippen LogP contribution in [0.5, 0.6) is 11.5 Å².